The van der Waals surface area contributed by atoms with E-state index in [0.717, 1.165) is 6.54 Å². The maximum absolute atomic E-state index is 4.18. The van der Waals surface area contributed by atoms with Crippen LogP contribution in [-0.2, 0) is 13.0 Å². The first-order valence-electron chi connectivity index (χ1n) is 8.99. The first-order valence-corrected chi connectivity index (χ1v) is 10.0. The van der Waals surface area contributed by atoms with E-state index in [9.17, 15) is 0 Å². The van der Waals surface area contributed by atoms with E-state index >= 15 is 0 Å². The molecule has 0 amide bonds. The van der Waals surface area contributed by atoms with Crippen LogP contribution in [0.25, 0.3) is 0 Å². The van der Waals surface area contributed by atoms with Crippen molar-refractivity contribution < 1.29 is 0 Å². The van der Waals surface area contributed by atoms with E-state index in [0.29, 0.717) is 5.25 Å². The molecule has 1 aromatic carbocycles. The van der Waals surface area contributed by atoms with Crippen LogP contribution in [0.3, 0.4) is 0 Å². The Morgan fingerprint density at radius 2 is 1.91 bits per heavy atom. The Hall–Kier alpha value is -1.22. The minimum absolute atomic E-state index is 0.676. The number of thioether (sulfide) groups is 1. The lowest BCUT2D eigenvalue weighted by Gasteiger charge is -2.17. The highest BCUT2D eigenvalue weighted by Crippen LogP contribution is 2.21. The van der Waals surface area contributed by atoms with Crippen molar-refractivity contribution in [3.63, 3.8) is 0 Å². The van der Waals surface area contributed by atoms with Crippen LogP contribution < -0.4 is 0 Å². The molecule has 1 aromatic heterocycles. The molecule has 0 saturated heterocycles. The Balaban J connectivity index is 1.75. The van der Waals surface area contributed by atoms with E-state index in [1.807, 2.05) is 12.5 Å². The van der Waals surface area contributed by atoms with Gasteiger partial charge in [0.05, 0.1) is 6.33 Å². The fourth-order valence-electron chi connectivity index (χ4n) is 2.79. The third-order valence-corrected chi connectivity index (χ3v) is 5.55. The van der Waals surface area contributed by atoms with E-state index in [1.54, 1.807) is 0 Å². The number of hydrogen-bond donors (Lipinski definition) is 0. The molecular formula is C20H30N2S. The minimum Gasteiger partial charge on any atom is -0.336 e. The molecule has 0 radical (unpaired) electrons. The molecule has 1 heterocycles. The van der Waals surface area contributed by atoms with Gasteiger partial charge in [-0.2, -0.15) is 11.8 Å². The average molecular weight is 331 g/mol. The highest BCUT2D eigenvalue weighted by molar-refractivity contribution is 7.99. The number of benzene rings is 1. The molecule has 3 heteroatoms. The molecule has 2 rings (SSSR count). The Bertz CT molecular complexity index is 496. The lowest BCUT2D eigenvalue weighted by atomic mass is 10.1. The molecule has 0 N–H and O–H groups in total. The number of nitrogens with zero attached hydrogens (tertiary/aromatic N) is 2. The molecule has 2 aromatic rings. The highest BCUT2D eigenvalue weighted by atomic mass is 32.2. The van der Waals surface area contributed by atoms with Crippen LogP contribution >= 0.6 is 11.8 Å². The molecule has 1 unspecified atom stereocenters. The second-order valence-electron chi connectivity index (χ2n) is 6.19. The summed E-state index contributed by atoms with van der Waals surface area (Å²) in [5, 5.41) is 0.676. The topological polar surface area (TPSA) is 17.8 Å². The predicted octanol–water partition coefficient (Wildman–Crippen LogP) is 5.59. The summed E-state index contributed by atoms with van der Waals surface area (Å²) in [5.41, 5.74) is 1.45. The van der Waals surface area contributed by atoms with Gasteiger partial charge >= 0.3 is 0 Å². The zero-order chi connectivity index (χ0) is 16.2. The summed E-state index contributed by atoms with van der Waals surface area (Å²) in [7, 11) is 0. The monoisotopic (exact) mass is 330 g/mol. The van der Waals surface area contributed by atoms with Gasteiger partial charge in [-0.25, -0.2) is 4.98 Å². The van der Waals surface area contributed by atoms with Crippen molar-refractivity contribution in [2.24, 2.45) is 0 Å². The zero-order valence-electron chi connectivity index (χ0n) is 14.4. The van der Waals surface area contributed by atoms with Crippen LogP contribution in [0.5, 0.6) is 0 Å². The zero-order valence-corrected chi connectivity index (χ0v) is 15.2. The minimum atomic E-state index is 0.676. The van der Waals surface area contributed by atoms with Gasteiger partial charge in [0.15, 0.2) is 0 Å². The van der Waals surface area contributed by atoms with Crippen molar-refractivity contribution in [3.8, 4) is 0 Å². The summed E-state index contributed by atoms with van der Waals surface area (Å²) in [6.45, 7) is 3.35. The number of unbranched alkanes of at least 4 members (excludes halogenated alkanes) is 4. The Morgan fingerprint density at radius 3 is 2.65 bits per heavy atom. The summed E-state index contributed by atoms with van der Waals surface area (Å²) in [5.74, 6) is 1.29. The summed E-state index contributed by atoms with van der Waals surface area (Å²) in [6.07, 6.45) is 15.2. The molecule has 0 aliphatic carbocycles. The van der Waals surface area contributed by atoms with Gasteiger partial charge in [-0.15, -0.1) is 0 Å². The molecule has 23 heavy (non-hydrogen) atoms. The second-order valence-corrected chi connectivity index (χ2v) is 7.60. The highest BCUT2D eigenvalue weighted by Gasteiger charge is 2.10. The number of aromatic nitrogens is 2. The third kappa shape index (κ3) is 7.74. The third-order valence-electron chi connectivity index (χ3n) is 4.17. The summed E-state index contributed by atoms with van der Waals surface area (Å²) in [4.78, 5) is 4.18. The summed E-state index contributed by atoms with van der Waals surface area (Å²) in [6, 6.07) is 10.9. The standard InChI is InChI=1S/C20H30N2S/c1-2-3-4-5-9-16-23-20(17-22-15-14-21-18-22)13-12-19-10-7-6-8-11-19/h6-8,10-11,14-15,18,20H,2-5,9,12-13,16-17H2,1H3. The Morgan fingerprint density at radius 1 is 1.09 bits per heavy atom. The van der Waals surface area contributed by atoms with E-state index in [4.69, 9.17) is 0 Å². The van der Waals surface area contributed by atoms with Gasteiger partial charge in [-0.3, -0.25) is 0 Å². The van der Waals surface area contributed by atoms with Crippen LogP contribution in [0.15, 0.2) is 49.1 Å². The maximum atomic E-state index is 4.18. The van der Waals surface area contributed by atoms with Crippen molar-refractivity contribution in [2.45, 2.75) is 63.7 Å². The first-order chi connectivity index (χ1) is 11.4. The molecular weight excluding hydrogens is 300 g/mol. The summed E-state index contributed by atoms with van der Waals surface area (Å²) >= 11 is 2.15. The fraction of sp³-hybridized carbons (Fsp3) is 0.550. The number of hydrogen-bond acceptors (Lipinski definition) is 2. The van der Waals surface area contributed by atoms with Gasteiger partial charge in [-0.1, -0.05) is 62.9 Å². The van der Waals surface area contributed by atoms with Gasteiger partial charge in [-0.05, 0) is 30.6 Å². The maximum Gasteiger partial charge on any atom is 0.0946 e. The number of imidazole rings is 1. The van der Waals surface area contributed by atoms with E-state index in [-0.39, 0.29) is 0 Å². The fourth-order valence-corrected chi connectivity index (χ4v) is 4.05. The van der Waals surface area contributed by atoms with E-state index < -0.39 is 0 Å². The van der Waals surface area contributed by atoms with Gasteiger partial charge < -0.3 is 4.57 Å². The molecule has 0 spiro atoms. The number of rotatable bonds is 12. The van der Waals surface area contributed by atoms with Gasteiger partial charge in [0.2, 0.25) is 0 Å². The van der Waals surface area contributed by atoms with Gasteiger partial charge in [0, 0.05) is 24.2 Å². The predicted molar refractivity (Wildman–Crippen MR) is 102 cm³/mol. The van der Waals surface area contributed by atoms with Crippen molar-refractivity contribution in [1.29, 1.82) is 0 Å². The van der Waals surface area contributed by atoms with Crippen LogP contribution in [-0.4, -0.2) is 20.6 Å². The molecule has 0 fully saturated rings. The van der Waals surface area contributed by atoms with Gasteiger partial charge in [0.25, 0.3) is 0 Å². The van der Waals surface area contributed by atoms with E-state index in [2.05, 4.69) is 64.8 Å². The van der Waals surface area contributed by atoms with Crippen molar-refractivity contribution in [1.82, 2.24) is 9.55 Å². The first kappa shape index (κ1) is 18.1. The average Bonchev–Trinajstić information content (AvgIpc) is 3.09. The van der Waals surface area contributed by atoms with Crippen LogP contribution in [0.1, 0.15) is 51.0 Å². The van der Waals surface area contributed by atoms with Crippen molar-refractivity contribution in [3.05, 3.63) is 54.6 Å². The molecule has 2 nitrogen and oxygen atoms in total. The van der Waals surface area contributed by atoms with E-state index in [1.165, 1.54) is 56.3 Å². The quantitative estimate of drug-likeness (QED) is 0.472. The molecule has 0 saturated carbocycles. The van der Waals surface area contributed by atoms with Crippen LogP contribution in [0, 0.1) is 0 Å². The smallest absolute Gasteiger partial charge is 0.0946 e. The Kier molecular flexibility index (Phi) is 8.93. The van der Waals surface area contributed by atoms with Crippen molar-refractivity contribution in [2.75, 3.05) is 5.75 Å². The normalized spacial score (nSPS) is 12.4. The molecule has 1 atom stereocenters. The van der Waals surface area contributed by atoms with Gasteiger partial charge in [0.1, 0.15) is 0 Å². The lowest BCUT2D eigenvalue weighted by molar-refractivity contribution is 0.621. The largest absolute Gasteiger partial charge is 0.336 e. The molecule has 0 aliphatic heterocycles. The molecule has 126 valence electrons. The Labute approximate surface area is 145 Å². The number of aryl methyl sites for hydroxylation is 1. The van der Waals surface area contributed by atoms with Crippen LogP contribution in [0.2, 0.25) is 0 Å². The SMILES string of the molecule is CCCCCCCSC(CCc1ccccc1)Cn1ccnc1. The molecule has 0 bridgehead atoms. The molecule has 0 aliphatic rings. The second kappa shape index (κ2) is 11.3. The lowest BCUT2D eigenvalue weighted by Crippen LogP contribution is -2.14. The van der Waals surface area contributed by atoms with Crippen molar-refractivity contribution >= 4 is 11.8 Å². The van der Waals surface area contributed by atoms with Crippen LogP contribution in [0.4, 0.5) is 0 Å². The summed E-state index contributed by atoms with van der Waals surface area (Å²) < 4.78 is 2.22.